The zero-order valence-electron chi connectivity index (χ0n) is 16.6. The first-order valence-corrected chi connectivity index (χ1v) is 10.1. The monoisotopic (exact) mass is 395 g/mol. The Morgan fingerprint density at radius 2 is 2.03 bits per heavy atom. The maximum absolute atomic E-state index is 13.8. The molecule has 2 aliphatic rings. The van der Waals surface area contributed by atoms with Gasteiger partial charge in [0.1, 0.15) is 0 Å². The van der Waals surface area contributed by atoms with E-state index in [0.717, 1.165) is 58.1 Å². The van der Waals surface area contributed by atoms with Crippen LogP contribution in [0.3, 0.4) is 0 Å². The van der Waals surface area contributed by atoms with Crippen LogP contribution < -0.4 is 0 Å². The summed E-state index contributed by atoms with van der Waals surface area (Å²) in [5.74, 6) is 0.302. The zero-order valence-corrected chi connectivity index (χ0v) is 16.6. The fraction of sp³-hybridized carbons (Fsp3) is 0.391. The molecule has 150 valence electrons. The van der Waals surface area contributed by atoms with Crippen molar-refractivity contribution in [2.45, 2.75) is 45.1 Å². The predicted octanol–water partition coefficient (Wildman–Crippen LogP) is 4.96. The summed E-state index contributed by atoms with van der Waals surface area (Å²) in [5.41, 5.74) is 4.70. The SMILES string of the molecule is CC(=O)N1CCc2c(c(-c3cccc4cc(C5CC5)c(C(F)F)cc34)nn2C)C1. The summed E-state index contributed by atoms with van der Waals surface area (Å²) in [7, 11) is 1.91. The topological polar surface area (TPSA) is 38.1 Å². The molecule has 1 fully saturated rings. The molecule has 1 aliphatic carbocycles. The van der Waals surface area contributed by atoms with E-state index in [0.29, 0.717) is 13.1 Å². The summed E-state index contributed by atoms with van der Waals surface area (Å²) in [6.07, 6.45) is 0.227. The van der Waals surface area contributed by atoms with E-state index in [4.69, 9.17) is 5.10 Å². The van der Waals surface area contributed by atoms with Crippen LogP contribution in [0.15, 0.2) is 30.3 Å². The van der Waals surface area contributed by atoms with Crippen molar-refractivity contribution in [2.24, 2.45) is 7.05 Å². The standard InChI is InChI=1S/C23H23F2N3O/c1-13(29)28-9-8-21-20(12-28)22(26-27(21)2)16-5-3-4-15-10-17(14-6-7-14)19(23(24)25)11-18(15)16/h3-5,10-11,14,23H,6-9,12H2,1-2H3. The van der Waals surface area contributed by atoms with Crippen molar-refractivity contribution in [3.8, 4) is 11.3 Å². The third kappa shape index (κ3) is 3.02. The van der Waals surface area contributed by atoms with Crippen molar-refractivity contribution >= 4 is 16.7 Å². The number of halogens is 2. The van der Waals surface area contributed by atoms with Crippen LogP contribution in [0.1, 0.15) is 54.5 Å². The lowest BCUT2D eigenvalue weighted by atomic mass is 9.92. The van der Waals surface area contributed by atoms with Crippen molar-refractivity contribution < 1.29 is 13.6 Å². The maximum atomic E-state index is 13.8. The van der Waals surface area contributed by atoms with Gasteiger partial charge in [-0.05, 0) is 41.2 Å². The molecule has 6 heteroatoms. The zero-order chi connectivity index (χ0) is 20.3. The quantitative estimate of drug-likeness (QED) is 0.629. The number of fused-ring (bicyclic) bond motifs is 2. The molecule has 1 saturated carbocycles. The van der Waals surface area contributed by atoms with E-state index in [9.17, 15) is 13.6 Å². The highest BCUT2D eigenvalue weighted by Gasteiger charge is 2.30. The minimum absolute atomic E-state index is 0.0393. The summed E-state index contributed by atoms with van der Waals surface area (Å²) in [4.78, 5) is 13.7. The van der Waals surface area contributed by atoms with Gasteiger partial charge in [-0.3, -0.25) is 9.48 Å². The van der Waals surface area contributed by atoms with Gasteiger partial charge >= 0.3 is 0 Å². The van der Waals surface area contributed by atoms with Gasteiger partial charge in [0.2, 0.25) is 5.91 Å². The van der Waals surface area contributed by atoms with Crippen LogP contribution in [0.5, 0.6) is 0 Å². The molecule has 5 rings (SSSR count). The van der Waals surface area contributed by atoms with Crippen LogP contribution >= 0.6 is 0 Å². The Morgan fingerprint density at radius 1 is 1.24 bits per heavy atom. The van der Waals surface area contributed by atoms with Crippen molar-refractivity contribution in [1.82, 2.24) is 14.7 Å². The summed E-state index contributed by atoms with van der Waals surface area (Å²) in [6.45, 7) is 2.76. The molecule has 0 spiro atoms. The molecule has 29 heavy (non-hydrogen) atoms. The molecule has 1 aliphatic heterocycles. The second-order valence-corrected chi connectivity index (χ2v) is 8.17. The molecule has 1 aromatic heterocycles. The van der Waals surface area contributed by atoms with Crippen LogP contribution in [0.4, 0.5) is 8.78 Å². The van der Waals surface area contributed by atoms with Gasteiger partial charge in [0.15, 0.2) is 0 Å². The summed E-state index contributed by atoms with van der Waals surface area (Å²) in [6, 6.07) is 9.49. The van der Waals surface area contributed by atoms with Gasteiger partial charge in [-0.15, -0.1) is 0 Å². The molecule has 4 nitrogen and oxygen atoms in total. The molecule has 0 N–H and O–H groups in total. The molecule has 2 heterocycles. The summed E-state index contributed by atoms with van der Waals surface area (Å²) in [5, 5.41) is 6.51. The Morgan fingerprint density at radius 3 is 2.72 bits per heavy atom. The van der Waals surface area contributed by atoms with E-state index >= 15 is 0 Å². The van der Waals surface area contributed by atoms with Crippen molar-refractivity contribution in [2.75, 3.05) is 6.54 Å². The number of amides is 1. The van der Waals surface area contributed by atoms with Gasteiger partial charge in [-0.2, -0.15) is 5.10 Å². The van der Waals surface area contributed by atoms with Crippen molar-refractivity contribution in [3.63, 3.8) is 0 Å². The Labute approximate surface area is 168 Å². The Hall–Kier alpha value is -2.76. The number of hydrogen-bond donors (Lipinski definition) is 0. The van der Waals surface area contributed by atoms with Gasteiger partial charge in [-0.25, -0.2) is 8.78 Å². The van der Waals surface area contributed by atoms with Crippen LogP contribution in [-0.4, -0.2) is 27.1 Å². The van der Waals surface area contributed by atoms with Crippen molar-refractivity contribution in [1.29, 1.82) is 0 Å². The van der Waals surface area contributed by atoms with Gasteiger partial charge in [0.25, 0.3) is 6.43 Å². The van der Waals surface area contributed by atoms with E-state index in [2.05, 4.69) is 0 Å². The second-order valence-electron chi connectivity index (χ2n) is 8.17. The van der Waals surface area contributed by atoms with E-state index in [-0.39, 0.29) is 17.4 Å². The molecule has 0 atom stereocenters. The molecular formula is C23H23F2N3O. The Balaban J connectivity index is 1.70. The largest absolute Gasteiger partial charge is 0.338 e. The predicted molar refractivity (Wildman–Crippen MR) is 108 cm³/mol. The van der Waals surface area contributed by atoms with E-state index in [1.54, 1.807) is 13.0 Å². The third-order valence-electron chi connectivity index (χ3n) is 6.28. The number of nitrogens with zero attached hydrogens (tertiary/aromatic N) is 3. The summed E-state index contributed by atoms with van der Waals surface area (Å²) >= 11 is 0. The fourth-order valence-electron chi connectivity index (χ4n) is 4.58. The molecule has 2 aromatic carbocycles. The average Bonchev–Trinajstić information content (AvgIpc) is 3.50. The Bertz CT molecular complexity index is 1130. The van der Waals surface area contributed by atoms with Crippen LogP contribution in [-0.2, 0) is 24.8 Å². The third-order valence-corrected chi connectivity index (χ3v) is 6.28. The highest BCUT2D eigenvalue weighted by Crippen LogP contribution is 2.46. The van der Waals surface area contributed by atoms with Crippen LogP contribution in [0, 0.1) is 0 Å². The highest BCUT2D eigenvalue weighted by molar-refractivity contribution is 5.97. The van der Waals surface area contributed by atoms with Gasteiger partial charge in [-0.1, -0.05) is 24.3 Å². The molecule has 0 unspecified atom stereocenters. The molecular weight excluding hydrogens is 372 g/mol. The minimum Gasteiger partial charge on any atom is -0.338 e. The smallest absolute Gasteiger partial charge is 0.264 e. The number of aromatic nitrogens is 2. The Kier molecular flexibility index (Phi) is 4.19. The number of carbonyl (C=O) groups excluding carboxylic acids is 1. The fourth-order valence-corrected chi connectivity index (χ4v) is 4.58. The minimum atomic E-state index is -2.49. The van der Waals surface area contributed by atoms with E-state index < -0.39 is 6.43 Å². The number of aryl methyl sites for hydroxylation is 1. The van der Waals surface area contributed by atoms with Gasteiger partial charge in [0, 0.05) is 55.9 Å². The molecule has 3 aromatic rings. The van der Waals surface area contributed by atoms with E-state index in [1.165, 1.54) is 0 Å². The molecule has 1 amide bonds. The van der Waals surface area contributed by atoms with Crippen LogP contribution in [0.2, 0.25) is 0 Å². The van der Waals surface area contributed by atoms with E-state index in [1.807, 2.05) is 40.9 Å². The molecule has 0 radical (unpaired) electrons. The first-order valence-electron chi connectivity index (χ1n) is 10.1. The maximum Gasteiger partial charge on any atom is 0.264 e. The number of alkyl halides is 2. The lowest BCUT2D eigenvalue weighted by Crippen LogP contribution is -2.34. The molecule has 0 bridgehead atoms. The normalized spacial score (nSPS) is 16.5. The number of carbonyl (C=O) groups is 1. The lowest BCUT2D eigenvalue weighted by Gasteiger charge is -2.26. The first-order chi connectivity index (χ1) is 13.9. The molecule has 0 saturated heterocycles. The number of rotatable bonds is 3. The summed E-state index contributed by atoms with van der Waals surface area (Å²) < 4.78 is 29.5. The van der Waals surface area contributed by atoms with Gasteiger partial charge in [0.05, 0.1) is 5.69 Å². The second kappa shape index (κ2) is 6.65. The van der Waals surface area contributed by atoms with Crippen LogP contribution in [0.25, 0.3) is 22.0 Å². The first kappa shape index (κ1) is 18.3. The van der Waals surface area contributed by atoms with Gasteiger partial charge < -0.3 is 4.90 Å². The van der Waals surface area contributed by atoms with Crippen molar-refractivity contribution in [3.05, 3.63) is 52.7 Å². The average molecular weight is 395 g/mol. The highest BCUT2D eigenvalue weighted by atomic mass is 19.3. The number of benzene rings is 2. The number of hydrogen-bond acceptors (Lipinski definition) is 2. The lowest BCUT2D eigenvalue weighted by molar-refractivity contribution is -0.129.